The third-order valence-electron chi connectivity index (χ3n) is 1.73. The molecule has 0 aromatic heterocycles. The average Bonchev–Trinajstić information content (AvgIpc) is 2.11. The molecule has 84 valence electrons. The first-order valence-corrected chi connectivity index (χ1v) is 4.52. The van der Waals surface area contributed by atoms with Crippen molar-refractivity contribution in [2.45, 2.75) is 19.0 Å². The van der Waals surface area contributed by atoms with Gasteiger partial charge in [0.2, 0.25) is 0 Å². The van der Waals surface area contributed by atoms with Crippen LogP contribution in [0.1, 0.15) is 12.8 Å². The Kier molecular flexibility index (Phi) is 3.82. The van der Waals surface area contributed by atoms with Crippen LogP contribution in [0.2, 0.25) is 0 Å². The van der Waals surface area contributed by atoms with Gasteiger partial charge in [-0.25, -0.2) is 0 Å². The second-order valence-corrected chi connectivity index (χ2v) is 3.14. The van der Waals surface area contributed by atoms with Crippen LogP contribution in [0.4, 0.5) is 18.9 Å². The van der Waals surface area contributed by atoms with Crippen LogP contribution in [0, 0.1) is 0 Å². The maximum Gasteiger partial charge on any atom is 0.389 e. The van der Waals surface area contributed by atoms with Gasteiger partial charge >= 0.3 is 6.18 Å². The smallest absolute Gasteiger partial charge is 0.389 e. The van der Waals surface area contributed by atoms with E-state index in [1.54, 1.807) is 24.3 Å². The van der Waals surface area contributed by atoms with Crippen molar-refractivity contribution in [3.63, 3.8) is 0 Å². The number of rotatable bonds is 4. The van der Waals surface area contributed by atoms with E-state index in [0.717, 1.165) is 0 Å². The summed E-state index contributed by atoms with van der Waals surface area (Å²) in [7, 11) is 0. The van der Waals surface area contributed by atoms with E-state index >= 15 is 0 Å². The fraction of sp³-hybridized carbons (Fsp3) is 0.400. The van der Waals surface area contributed by atoms with Gasteiger partial charge in [-0.3, -0.25) is 0 Å². The highest BCUT2D eigenvalue weighted by molar-refractivity contribution is 5.43. The van der Waals surface area contributed by atoms with Crippen LogP contribution in [0.3, 0.4) is 0 Å². The average molecular weight is 219 g/mol. The Morgan fingerprint density at radius 2 is 2.00 bits per heavy atom. The lowest BCUT2D eigenvalue weighted by molar-refractivity contribution is -0.136. The molecule has 0 fully saturated rings. The Hall–Kier alpha value is -1.39. The molecule has 15 heavy (non-hydrogen) atoms. The van der Waals surface area contributed by atoms with Gasteiger partial charge in [-0.05, 0) is 18.6 Å². The number of halogens is 3. The number of ether oxygens (including phenoxy) is 1. The van der Waals surface area contributed by atoms with E-state index in [1.165, 1.54) is 0 Å². The van der Waals surface area contributed by atoms with Crippen LogP contribution in [-0.4, -0.2) is 12.8 Å². The minimum absolute atomic E-state index is 0.0434. The van der Waals surface area contributed by atoms with Crippen LogP contribution >= 0.6 is 0 Å². The summed E-state index contributed by atoms with van der Waals surface area (Å²) >= 11 is 0. The monoisotopic (exact) mass is 219 g/mol. The van der Waals surface area contributed by atoms with Crippen molar-refractivity contribution in [3.8, 4) is 5.75 Å². The molecule has 1 rings (SSSR count). The van der Waals surface area contributed by atoms with Gasteiger partial charge < -0.3 is 10.5 Å². The first kappa shape index (κ1) is 11.7. The lowest BCUT2D eigenvalue weighted by Gasteiger charge is -2.08. The number of hydrogen-bond acceptors (Lipinski definition) is 2. The molecule has 0 radical (unpaired) electrons. The number of nitrogens with two attached hydrogens (primary N) is 1. The van der Waals surface area contributed by atoms with Gasteiger partial charge in [-0.2, -0.15) is 13.2 Å². The third kappa shape index (κ3) is 5.15. The lowest BCUT2D eigenvalue weighted by atomic mass is 10.3. The number of benzene rings is 1. The summed E-state index contributed by atoms with van der Waals surface area (Å²) in [6.07, 6.45) is -4.98. The molecular weight excluding hydrogens is 207 g/mol. The molecule has 2 nitrogen and oxygen atoms in total. The summed E-state index contributed by atoms with van der Waals surface area (Å²) < 4.78 is 40.4. The molecule has 5 heteroatoms. The highest BCUT2D eigenvalue weighted by Crippen LogP contribution is 2.21. The van der Waals surface area contributed by atoms with Gasteiger partial charge in [-0.1, -0.05) is 6.07 Å². The van der Waals surface area contributed by atoms with Gasteiger partial charge in [0.1, 0.15) is 5.75 Å². The lowest BCUT2D eigenvalue weighted by Crippen LogP contribution is -2.09. The minimum Gasteiger partial charge on any atom is -0.494 e. The second-order valence-electron chi connectivity index (χ2n) is 3.14. The Morgan fingerprint density at radius 3 is 2.60 bits per heavy atom. The maximum absolute atomic E-state index is 11.8. The van der Waals surface area contributed by atoms with Crippen LogP contribution in [0.25, 0.3) is 0 Å². The number of hydrogen-bond donors (Lipinski definition) is 1. The van der Waals surface area contributed by atoms with E-state index in [1.807, 2.05) is 0 Å². The molecule has 2 N–H and O–H groups in total. The quantitative estimate of drug-likeness (QED) is 0.624. The van der Waals surface area contributed by atoms with Crippen molar-refractivity contribution in [2.24, 2.45) is 0 Å². The SMILES string of the molecule is Nc1cccc(OCCCC(F)(F)F)c1. The Labute approximate surface area is 85.8 Å². The van der Waals surface area contributed by atoms with E-state index < -0.39 is 12.6 Å². The number of nitrogen functional groups attached to an aromatic ring is 1. The van der Waals surface area contributed by atoms with Gasteiger partial charge in [0.25, 0.3) is 0 Å². The molecule has 0 unspecified atom stereocenters. The van der Waals surface area contributed by atoms with Gasteiger partial charge in [0, 0.05) is 18.2 Å². The van der Waals surface area contributed by atoms with E-state index in [0.29, 0.717) is 11.4 Å². The molecule has 0 saturated heterocycles. The third-order valence-corrected chi connectivity index (χ3v) is 1.73. The molecule has 0 amide bonds. The topological polar surface area (TPSA) is 35.2 Å². The summed E-state index contributed by atoms with van der Waals surface area (Å²) in [5.74, 6) is 0.497. The van der Waals surface area contributed by atoms with Crippen molar-refractivity contribution in [1.82, 2.24) is 0 Å². The standard InChI is InChI=1S/C10H12F3NO/c11-10(12,13)5-2-6-15-9-4-1-3-8(14)7-9/h1,3-4,7H,2,5-6,14H2. The zero-order valence-electron chi connectivity index (χ0n) is 8.05. The number of alkyl halides is 3. The zero-order chi connectivity index (χ0) is 11.3. The summed E-state index contributed by atoms with van der Waals surface area (Å²) in [6.45, 7) is 0.0446. The second kappa shape index (κ2) is 4.91. The number of anilines is 1. The van der Waals surface area contributed by atoms with E-state index in [4.69, 9.17) is 10.5 Å². The minimum atomic E-state index is -4.11. The molecular formula is C10H12F3NO. The van der Waals surface area contributed by atoms with Crippen molar-refractivity contribution in [3.05, 3.63) is 24.3 Å². The largest absolute Gasteiger partial charge is 0.494 e. The van der Waals surface area contributed by atoms with Crippen molar-refractivity contribution in [2.75, 3.05) is 12.3 Å². The Morgan fingerprint density at radius 1 is 1.27 bits per heavy atom. The Balaban J connectivity index is 2.26. The fourth-order valence-electron chi connectivity index (χ4n) is 1.07. The highest BCUT2D eigenvalue weighted by atomic mass is 19.4. The van der Waals surface area contributed by atoms with Crippen LogP contribution in [0.15, 0.2) is 24.3 Å². The van der Waals surface area contributed by atoms with Gasteiger partial charge in [0.05, 0.1) is 6.61 Å². The molecule has 0 aliphatic carbocycles. The van der Waals surface area contributed by atoms with Crippen molar-refractivity contribution in [1.29, 1.82) is 0 Å². The maximum atomic E-state index is 11.8. The molecule has 0 aliphatic heterocycles. The predicted molar refractivity (Wildman–Crippen MR) is 51.6 cm³/mol. The molecule has 1 aromatic rings. The summed E-state index contributed by atoms with van der Waals surface area (Å²) in [6, 6.07) is 6.61. The van der Waals surface area contributed by atoms with Crippen LogP contribution in [-0.2, 0) is 0 Å². The van der Waals surface area contributed by atoms with Crippen molar-refractivity contribution >= 4 is 5.69 Å². The molecule has 0 bridgehead atoms. The van der Waals surface area contributed by atoms with Crippen molar-refractivity contribution < 1.29 is 17.9 Å². The zero-order valence-corrected chi connectivity index (χ0v) is 8.05. The predicted octanol–water partition coefficient (Wildman–Crippen LogP) is 2.99. The molecule has 0 saturated carbocycles. The highest BCUT2D eigenvalue weighted by Gasteiger charge is 2.25. The molecule has 0 heterocycles. The fourth-order valence-corrected chi connectivity index (χ4v) is 1.07. The van der Waals surface area contributed by atoms with Gasteiger partial charge in [-0.15, -0.1) is 0 Å². The summed E-state index contributed by atoms with van der Waals surface area (Å²) in [4.78, 5) is 0. The van der Waals surface area contributed by atoms with Gasteiger partial charge in [0.15, 0.2) is 0 Å². The molecule has 1 aromatic carbocycles. The first-order valence-electron chi connectivity index (χ1n) is 4.52. The first-order chi connectivity index (χ1) is 6.97. The normalized spacial score (nSPS) is 11.4. The summed E-state index contributed by atoms with van der Waals surface area (Å²) in [5, 5.41) is 0. The van der Waals surface area contributed by atoms with Crippen LogP contribution < -0.4 is 10.5 Å². The van der Waals surface area contributed by atoms with E-state index in [9.17, 15) is 13.2 Å². The van der Waals surface area contributed by atoms with E-state index in [-0.39, 0.29) is 13.0 Å². The summed E-state index contributed by atoms with van der Waals surface area (Å²) in [5.41, 5.74) is 6.00. The van der Waals surface area contributed by atoms with Crippen LogP contribution in [0.5, 0.6) is 5.75 Å². The molecule has 0 spiro atoms. The Bertz CT molecular complexity index is 312. The molecule has 0 aliphatic rings. The molecule has 0 atom stereocenters. The van der Waals surface area contributed by atoms with E-state index in [2.05, 4.69) is 0 Å².